The molecule has 1 aromatic carbocycles. The van der Waals surface area contributed by atoms with Gasteiger partial charge in [0.1, 0.15) is 0 Å². The second-order valence-corrected chi connectivity index (χ2v) is 3.85. The van der Waals surface area contributed by atoms with E-state index in [1.54, 1.807) is 6.08 Å². The van der Waals surface area contributed by atoms with Crippen molar-refractivity contribution in [3.05, 3.63) is 58.5 Å². The highest BCUT2D eigenvalue weighted by Crippen LogP contribution is 2.30. The van der Waals surface area contributed by atoms with Gasteiger partial charge >= 0.3 is 0 Å². The van der Waals surface area contributed by atoms with Crippen LogP contribution in [0.25, 0.3) is 11.6 Å². The van der Waals surface area contributed by atoms with Gasteiger partial charge in [0.05, 0.1) is 5.57 Å². The van der Waals surface area contributed by atoms with Crippen LogP contribution in [0.4, 0.5) is 0 Å². The van der Waals surface area contributed by atoms with Crippen molar-refractivity contribution in [1.82, 2.24) is 0 Å². The molecule has 1 heteroatoms. The van der Waals surface area contributed by atoms with E-state index >= 15 is 0 Å². The van der Waals surface area contributed by atoms with Gasteiger partial charge in [-0.2, -0.15) is 0 Å². The van der Waals surface area contributed by atoms with Crippen molar-refractivity contribution >= 4 is 17.4 Å². The molecule has 0 atom stereocenters. The van der Waals surface area contributed by atoms with Gasteiger partial charge in [-0.3, -0.25) is 4.79 Å². The van der Waals surface area contributed by atoms with Gasteiger partial charge in [0, 0.05) is 5.56 Å². The first-order valence-electron chi connectivity index (χ1n) is 5.13. The van der Waals surface area contributed by atoms with Gasteiger partial charge < -0.3 is 0 Å². The molecule has 1 aromatic rings. The SMILES string of the molecule is C=C=C=C1C(=O)C=Cc2ccc(C)c(C)c21. The molecule has 0 bridgehead atoms. The summed E-state index contributed by atoms with van der Waals surface area (Å²) in [7, 11) is 0. The second kappa shape index (κ2) is 3.83. The lowest BCUT2D eigenvalue weighted by Crippen LogP contribution is -2.06. The monoisotopic (exact) mass is 208 g/mol. The molecule has 0 spiro atoms. The molecule has 0 unspecified atom stereocenters. The van der Waals surface area contributed by atoms with E-state index in [1.807, 2.05) is 26.0 Å². The van der Waals surface area contributed by atoms with Gasteiger partial charge in [-0.25, -0.2) is 0 Å². The Labute approximate surface area is 95.1 Å². The summed E-state index contributed by atoms with van der Waals surface area (Å²) in [5, 5.41) is 0. The highest BCUT2D eigenvalue weighted by molar-refractivity contribution is 6.29. The minimum atomic E-state index is -0.0302. The molecule has 1 aliphatic rings. The maximum absolute atomic E-state index is 11.8. The maximum Gasteiger partial charge on any atom is 0.194 e. The standard InChI is InChI=1S/C15H12O/c1-4-5-13-14(16)9-8-12-7-6-10(2)11(3)15(12)13/h6-9H,1H2,2-3H3. The Morgan fingerprint density at radius 2 is 1.94 bits per heavy atom. The fraction of sp³-hybridized carbons (Fsp3) is 0.133. The Morgan fingerprint density at radius 1 is 1.19 bits per heavy atom. The van der Waals surface area contributed by atoms with E-state index in [-0.39, 0.29) is 5.78 Å². The van der Waals surface area contributed by atoms with Gasteiger partial charge in [0.2, 0.25) is 0 Å². The molecule has 2 rings (SSSR count). The lowest BCUT2D eigenvalue weighted by atomic mass is 9.87. The van der Waals surface area contributed by atoms with Crippen molar-refractivity contribution in [3.8, 4) is 0 Å². The Hall–Kier alpha value is -2.07. The van der Waals surface area contributed by atoms with Crippen LogP contribution in [-0.2, 0) is 4.79 Å². The molecule has 0 radical (unpaired) electrons. The first-order valence-corrected chi connectivity index (χ1v) is 5.13. The lowest BCUT2D eigenvalue weighted by molar-refractivity contribution is -0.109. The normalized spacial score (nSPS) is 13.1. The fourth-order valence-electron chi connectivity index (χ4n) is 1.89. The molecular weight excluding hydrogens is 196 g/mol. The molecule has 0 saturated heterocycles. The summed E-state index contributed by atoms with van der Waals surface area (Å²) < 4.78 is 0. The van der Waals surface area contributed by atoms with E-state index in [1.165, 1.54) is 5.56 Å². The molecule has 0 fully saturated rings. The van der Waals surface area contributed by atoms with Crippen molar-refractivity contribution in [2.75, 3.05) is 0 Å². The van der Waals surface area contributed by atoms with Crippen molar-refractivity contribution < 1.29 is 4.79 Å². The molecule has 0 heterocycles. The van der Waals surface area contributed by atoms with Crippen LogP contribution in [0.15, 0.2) is 36.3 Å². The number of carbonyl (C=O) groups excluding carboxylic acids is 1. The van der Waals surface area contributed by atoms with Gasteiger partial charge in [0.25, 0.3) is 0 Å². The van der Waals surface area contributed by atoms with Crippen molar-refractivity contribution in [2.45, 2.75) is 13.8 Å². The van der Waals surface area contributed by atoms with Crippen LogP contribution < -0.4 is 0 Å². The Bertz CT molecular complexity index is 590. The summed E-state index contributed by atoms with van der Waals surface area (Å²) in [6, 6.07) is 4.08. The van der Waals surface area contributed by atoms with Crippen molar-refractivity contribution in [3.63, 3.8) is 0 Å². The topological polar surface area (TPSA) is 17.1 Å². The average Bonchev–Trinajstić information content (AvgIpc) is 2.27. The molecule has 16 heavy (non-hydrogen) atoms. The number of ketones is 1. The number of fused-ring (bicyclic) bond motifs is 1. The van der Waals surface area contributed by atoms with Crippen LogP contribution >= 0.6 is 0 Å². The molecule has 78 valence electrons. The second-order valence-electron chi connectivity index (χ2n) is 3.85. The first kappa shape index (κ1) is 10.4. The van der Waals surface area contributed by atoms with Crippen LogP contribution in [0, 0.1) is 13.8 Å². The minimum Gasteiger partial charge on any atom is -0.289 e. The molecule has 1 aliphatic carbocycles. The molecule has 0 aromatic heterocycles. The van der Waals surface area contributed by atoms with E-state index in [0.717, 1.165) is 16.7 Å². The summed E-state index contributed by atoms with van der Waals surface area (Å²) >= 11 is 0. The lowest BCUT2D eigenvalue weighted by Gasteiger charge is -2.15. The van der Waals surface area contributed by atoms with Crippen LogP contribution in [0.2, 0.25) is 0 Å². The van der Waals surface area contributed by atoms with E-state index in [9.17, 15) is 4.79 Å². The smallest absolute Gasteiger partial charge is 0.194 e. The van der Waals surface area contributed by atoms with Crippen LogP contribution in [0.3, 0.4) is 0 Å². The van der Waals surface area contributed by atoms with E-state index in [0.29, 0.717) is 5.57 Å². The predicted molar refractivity (Wildman–Crippen MR) is 66.0 cm³/mol. The average molecular weight is 208 g/mol. The van der Waals surface area contributed by atoms with E-state index in [2.05, 4.69) is 24.1 Å². The third kappa shape index (κ3) is 1.49. The quantitative estimate of drug-likeness (QED) is 0.472. The van der Waals surface area contributed by atoms with Gasteiger partial charge in [0.15, 0.2) is 5.78 Å². The number of hydrogen-bond acceptors (Lipinski definition) is 1. The summed E-state index contributed by atoms with van der Waals surface area (Å²) in [5.41, 5.74) is 10.2. The minimum absolute atomic E-state index is 0.0302. The predicted octanol–water partition coefficient (Wildman–Crippen LogP) is 3.22. The third-order valence-corrected chi connectivity index (χ3v) is 2.89. The highest BCUT2D eigenvalue weighted by Gasteiger charge is 2.19. The highest BCUT2D eigenvalue weighted by atomic mass is 16.1. The Balaban J connectivity index is 2.88. The third-order valence-electron chi connectivity index (χ3n) is 2.89. The van der Waals surface area contributed by atoms with Gasteiger partial charge in [-0.15, -0.1) is 0 Å². The summed E-state index contributed by atoms with van der Waals surface area (Å²) in [6.07, 6.45) is 3.41. The Morgan fingerprint density at radius 3 is 2.62 bits per heavy atom. The first-order chi connectivity index (χ1) is 7.65. The zero-order valence-corrected chi connectivity index (χ0v) is 9.42. The number of rotatable bonds is 0. The van der Waals surface area contributed by atoms with E-state index in [4.69, 9.17) is 0 Å². The Kier molecular flexibility index (Phi) is 2.50. The summed E-state index contributed by atoms with van der Waals surface area (Å²) in [6.45, 7) is 7.54. The maximum atomic E-state index is 11.8. The summed E-state index contributed by atoms with van der Waals surface area (Å²) in [4.78, 5) is 11.8. The van der Waals surface area contributed by atoms with Crippen molar-refractivity contribution in [1.29, 1.82) is 0 Å². The molecule has 0 aliphatic heterocycles. The number of carbonyl (C=O) groups is 1. The molecule has 0 amide bonds. The fourth-order valence-corrected chi connectivity index (χ4v) is 1.89. The number of allylic oxidation sites excluding steroid dienone is 2. The van der Waals surface area contributed by atoms with Crippen molar-refractivity contribution in [2.24, 2.45) is 0 Å². The zero-order valence-electron chi connectivity index (χ0n) is 9.42. The number of hydrogen-bond donors (Lipinski definition) is 0. The number of benzene rings is 1. The molecular formula is C15H12O. The van der Waals surface area contributed by atoms with Gasteiger partial charge in [-0.05, 0) is 43.2 Å². The van der Waals surface area contributed by atoms with Gasteiger partial charge in [-0.1, -0.05) is 29.7 Å². The van der Waals surface area contributed by atoms with Crippen LogP contribution in [0.5, 0.6) is 0 Å². The molecule has 0 N–H and O–H groups in total. The summed E-state index contributed by atoms with van der Waals surface area (Å²) in [5.74, 6) is -0.0302. The van der Waals surface area contributed by atoms with Crippen LogP contribution in [0.1, 0.15) is 22.3 Å². The molecule has 0 saturated carbocycles. The van der Waals surface area contributed by atoms with Crippen LogP contribution in [-0.4, -0.2) is 5.78 Å². The molecule has 1 nitrogen and oxygen atoms in total. The zero-order chi connectivity index (χ0) is 11.7. The number of aryl methyl sites for hydroxylation is 1. The largest absolute Gasteiger partial charge is 0.289 e. The van der Waals surface area contributed by atoms with E-state index < -0.39 is 0 Å².